The third-order valence-corrected chi connectivity index (χ3v) is 9.48. The number of phenolic OH excluding ortho intramolecular Hbond substituents is 1. The van der Waals surface area contributed by atoms with Crippen molar-refractivity contribution in [3.63, 3.8) is 0 Å². The Hall–Kier alpha value is -4.57. The lowest BCUT2D eigenvalue weighted by molar-refractivity contribution is -0.123. The number of anilines is 1. The SMILES string of the molecule is COc1cc(C=CC2C3=CCC4C(=O)N(c5ccc(C(C)=O)cc5)C(=O)C4C3CC3=C2C(=O)C=C(Br)C3=O)cc(OC)c1O. The van der Waals surface area contributed by atoms with E-state index < -0.39 is 23.7 Å². The van der Waals surface area contributed by atoms with Crippen molar-refractivity contribution in [2.24, 2.45) is 23.7 Å². The number of benzene rings is 2. The molecule has 2 amide bonds. The average Bonchev–Trinajstić information content (AvgIpc) is 3.27. The fourth-order valence-electron chi connectivity index (χ4n) is 6.80. The fourth-order valence-corrected chi connectivity index (χ4v) is 7.25. The summed E-state index contributed by atoms with van der Waals surface area (Å²) in [6.07, 6.45) is 7.22. The Morgan fingerprint density at radius 3 is 2.27 bits per heavy atom. The van der Waals surface area contributed by atoms with Gasteiger partial charge in [-0.25, -0.2) is 0 Å². The fraction of sp³-hybridized carbons (Fsp3) is 0.265. The third-order valence-electron chi connectivity index (χ3n) is 8.89. The number of carbonyl (C=O) groups is 5. The lowest BCUT2D eigenvalue weighted by Crippen LogP contribution is -2.40. The molecule has 10 heteroatoms. The van der Waals surface area contributed by atoms with E-state index >= 15 is 0 Å². The van der Waals surface area contributed by atoms with Gasteiger partial charge in [-0.05, 0) is 83.6 Å². The first-order valence-corrected chi connectivity index (χ1v) is 14.9. The van der Waals surface area contributed by atoms with Gasteiger partial charge >= 0.3 is 0 Å². The highest BCUT2D eigenvalue weighted by molar-refractivity contribution is 9.12. The maximum Gasteiger partial charge on any atom is 0.238 e. The van der Waals surface area contributed by atoms with Crippen LogP contribution < -0.4 is 14.4 Å². The van der Waals surface area contributed by atoms with Gasteiger partial charge in [0.25, 0.3) is 0 Å². The van der Waals surface area contributed by atoms with Crippen LogP contribution in [0.2, 0.25) is 0 Å². The van der Waals surface area contributed by atoms with Gasteiger partial charge in [-0.2, -0.15) is 0 Å². The largest absolute Gasteiger partial charge is 0.502 e. The maximum atomic E-state index is 14.0. The monoisotopic (exact) mass is 657 g/mol. The Labute approximate surface area is 261 Å². The molecule has 44 heavy (non-hydrogen) atoms. The summed E-state index contributed by atoms with van der Waals surface area (Å²) in [7, 11) is 2.84. The number of hydrogen-bond donors (Lipinski definition) is 1. The quantitative estimate of drug-likeness (QED) is 0.196. The molecule has 1 aliphatic heterocycles. The molecule has 1 fully saturated rings. The number of hydrogen-bond acceptors (Lipinski definition) is 8. The lowest BCUT2D eigenvalue weighted by atomic mass is 9.61. The van der Waals surface area contributed by atoms with Crippen LogP contribution in [0.5, 0.6) is 17.2 Å². The Morgan fingerprint density at radius 1 is 1.00 bits per heavy atom. The number of Topliss-reactive ketones (excluding diaryl/α,β-unsaturated/α-hetero) is 2. The number of aromatic hydroxyl groups is 1. The van der Waals surface area contributed by atoms with Crippen LogP contribution in [-0.4, -0.2) is 48.5 Å². The molecular weight excluding hydrogens is 630 g/mol. The van der Waals surface area contributed by atoms with E-state index in [9.17, 15) is 29.1 Å². The van der Waals surface area contributed by atoms with Crippen LogP contribution in [0.4, 0.5) is 5.69 Å². The Morgan fingerprint density at radius 2 is 1.66 bits per heavy atom. The molecular formula is C34H28BrNO8. The first-order chi connectivity index (χ1) is 21.0. The lowest BCUT2D eigenvalue weighted by Gasteiger charge is -2.41. The van der Waals surface area contributed by atoms with E-state index in [1.165, 1.54) is 32.1 Å². The van der Waals surface area contributed by atoms with Crippen LogP contribution in [0.15, 0.2) is 75.8 Å². The molecule has 6 rings (SSSR count). The molecule has 1 saturated heterocycles. The molecule has 4 aliphatic rings. The number of carbonyl (C=O) groups excluding carboxylic acids is 5. The van der Waals surface area contributed by atoms with E-state index in [0.717, 1.165) is 5.57 Å². The van der Waals surface area contributed by atoms with Gasteiger partial charge in [0.1, 0.15) is 0 Å². The van der Waals surface area contributed by atoms with Crippen LogP contribution >= 0.6 is 15.9 Å². The Kier molecular flexibility index (Phi) is 7.49. The van der Waals surface area contributed by atoms with Crippen molar-refractivity contribution in [1.82, 2.24) is 0 Å². The molecule has 1 N–H and O–H groups in total. The van der Waals surface area contributed by atoms with Crippen LogP contribution in [-0.2, 0) is 19.2 Å². The summed E-state index contributed by atoms with van der Waals surface area (Å²) in [5.74, 6) is -3.64. The Balaban J connectivity index is 1.41. The van der Waals surface area contributed by atoms with Crippen molar-refractivity contribution in [3.05, 3.63) is 87.0 Å². The van der Waals surface area contributed by atoms with E-state index in [4.69, 9.17) is 9.47 Å². The van der Waals surface area contributed by atoms with Gasteiger partial charge in [0.2, 0.25) is 17.6 Å². The molecule has 2 aromatic rings. The normalized spacial score (nSPS) is 24.6. The minimum Gasteiger partial charge on any atom is -0.502 e. The van der Waals surface area contributed by atoms with Gasteiger partial charge < -0.3 is 14.6 Å². The van der Waals surface area contributed by atoms with Crippen molar-refractivity contribution >= 4 is 56.9 Å². The minimum absolute atomic E-state index is 0.125. The number of phenols is 1. The predicted molar refractivity (Wildman–Crippen MR) is 165 cm³/mol. The summed E-state index contributed by atoms with van der Waals surface area (Å²) < 4.78 is 10.7. The molecule has 0 spiro atoms. The van der Waals surface area contributed by atoms with Crippen LogP contribution in [0.3, 0.4) is 0 Å². The number of allylic oxidation sites excluding steroid dienone is 7. The van der Waals surface area contributed by atoms with Gasteiger partial charge in [0.05, 0.1) is 36.2 Å². The number of ketones is 3. The third kappa shape index (κ3) is 4.64. The number of amides is 2. The number of halogens is 1. The molecule has 0 radical (unpaired) electrons. The number of ether oxygens (including phenoxy) is 2. The number of rotatable bonds is 6. The van der Waals surface area contributed by atoms with Gasteiger partial charge in [0.15, 0.2) is 28.8 Å². The highest BCUT2D eigenvalue weighted by Gasteiger charge is 2.56. The zero-order chi connectivity index (χ0) is 31.4. The second kappa shape index (κ2) is 11.2. The van der Waals surface area contributed by atoms with Crippen molar-refractivity contribution in [1.29, 1.82) is 0 Å². The molecule has 4 atom stereocenters. The molecule has 0 bridgehead atoms. The summed E-state index contributed by atoms with van der Waals surface area (Å²) in [5, 5.41) is 10.3. The molecule has 1 heterocycles. The predicted octanol–water partition coefficient (Wildman–Crippen LogP) is 5.12. The zero-order valence-electron chi connectivity index (χ0n) is 24.1. The van der Waals surface area contributed by atoms with Crippen molar-refractivity contribution in [2.45, 2.75) is 19.8 Å². The minimum atomic E-state index is -0.721. The van der Waals surface area contributed by atoms with Crippen LogP contribution in [0, 0.1) is 23.7 Å². The summed E-state index contributed by atoms with van der Waals surface area (Å²) in [6.45, 7) is 1.44. The second-order valence-electron chi connectivity index (χ2n) is 11.2. The molecule has 2 aromatic carbocycles. The van der Waals surface area contributed by atoms with Crippen molar-refractivity contribution < 1.29 is 38.6 Å². The van der Waals surface area contributed by atoms with Crippen LogP contribution in [0.1, 0.15) is 35.7 Å². The first kappa shape index (κ1) is 29.5. The first-order valence-electron chi connectivity index (χ1n) is 14.1. The molecule has 0 saturated carbocycles. The van der Waals surface area contributed by atoms with Crippen molar-refractivity contribution in [3.8, 4) is 17.2 Å². The topological polar surface area (TPSA) is 127 Å². The number of methoxy groups -OCH3 is 2. The molecule has 4 unspecified atom stereocenters. The molecule has 0 aromatic heterocycles. The van der Waals surface area contributed by atoms with Crippen LogP contribution in [0.25, 0.3) is 6.08 Å². The smallest absolute Gasteiger partial charge is 0.238 e. The van der Waals surface area contributed by atoms with Gasteiger partial charge in [0, 0.05) is 28.7 Å². The van der Waals surface area contributed by atoms with Gasteiger partial charge in [-0.15, -0.1) is 0 Å². The van der Waals surface area contributed by atoms with Gasteiger partial charge in [-0.3, -0.25) is 28.9 Å². The molecule has 9 nitrogen and oxygen atoms in total. The van der Waals surface area contributed by atoms with E-state index in [0.29, 0.717) is 34.4 Å². The highest BCUT2D eigenvalue weighted by Crippen LogP contribution is 2.53. The Bertz CT molecular complexity index is 1760. The zero-order valence-corrected chi connectivity index (χ0v) is 25.7. The second-order valence-corrected chi connectivity index (χ2v) is 12.0. The number of nitrogens with zero attached hydrogens (tertiary/aromatic N) is 1. The summed E-state index contributed by atoms with van der Waals surface area (Å²) in [6, 6.07) is 9.60. The van der Waals surface area contributed by atoms with Gasteiger partial charge in [-0.1, -0.05) is 23.8 Å². The standard InChI is InChI=1S/C34H28BrNO8/c1-16(37)18-5-7-19(8-6-18)36-33(41)22-11-10-20-21(9-4-17-12-27(43-2)32(40)28(13-17)44-3)29-24(14-23(20)30(22)34(36)42)31(39)25(35)15-26(29)38/h4-10,12-13,15,21-23,30,40H,11,14H2,1-3H3. The average molecular weight is 659 g/mol. The summed E-state index contributed by atoms with van der Waals surface area (Å²) in [5.41, 5.74) is 2.96. The van der Waals surface area contributed by atoms with E-state index in [2.05, 4.69) is 15.9 Å². The summed E-state index contributed by atoms with van der Waals surface area (Å²) >= 11 is 3.23. The van der Waals surface area contributed by atoms with E-state index in [-0.39, 0.29) is 57.3 Å². The maximum absolute atomic E-state index is 14.0. The molecule has 3 aliphatic carbocycles. The van der Waals surface area contributed by atoms with E-state index in [1.807, 2.05) is 6.08 Å². The van der Waals surface area contributed by atoms with E-state index in [1.54, 1.807) is 48.6 Å². The van der Waals surface area contributed by atoms with Crippen molar-refractivity contribution in [2.75, 3.05) is 19.1 Å². The number of imide groups is 1. The number of fused-ring (bicyclic) bond motifs is 3. The molecule has 224 valence electrons. The summed E-state index contributed by atoms with van der Waals surface area (Å²) in [4.78, 5) is 67.4. The highest BCUT2D eigenvalue weighted by atomic mass is 79.9.